The monoisotopic (exact) mass is 504 g/mol. The first kappa shape index (κ1) is 23.1. The molecule has 2 bridgehead atoms. The number of carbonyl (C=O) groups excluding carboxylic acids is 2. The van der Waals surface area contributed by atoms with Gasteiger partial charge < -0.3 is 15.4 Å². The maximum Gasteiger partial charge on any atom is 0.233 e. The molecule has 28 heavy (non-hydrogen) atoms. The molecule has 1 heterocycles. The SMILES string of the molecule is CCNC(=NCCCCCOC)NCCN1C(=O)C2C3C=CC(C3)C2C1=O.I. The van der Waals surface area contributed by atoms with Gasteiger partial charge in [-0.2, -0.15) is 0 Å². The minimum atomic E-state index is -0.110. The number of likely N-dealkylation sites (tertiary alicyclic amines) is 1. The van der Waals surface area contributed by atoms with Crippen LogP contribution in [-0.4, -0.2) is 62.6 Å². The molecule has 1 saturated carbocycles. The molecule has 1 saturated heterocycles. The molecule has 3 rings (SSSR count). The van der Waals surface area contributed by atoms with Crippen LogP contribution in [0.3, 0.4) is 0 Å². The summed E-state index contributed by atoms with van der Waals surface area (Å²) in [5.74, 6) is 1.10. The number of hydrogen-bond donors (Lipinski definition) is 2. The smallest absolute Gasteiger partial charge is 0.233 e. The molecule has 1 aliphatic heterocycles. The van der Waals surface area contributed by atoms with E-state index < -0.39 is 0 Å². The minimum absolute atomic E-state index is 0. The lowest BCUT2D eigenvalue weighted by Crippen LogP contribution is -2.43. The van der Waals surface area contributed by atoms with Crippen LogP contribution in [0.5, 0.6) is 0 Å². The van der Waals surface area contributed by atoms with Crippen molar-refractivity contribution in [2.75, 3.05) is 39.9 Å². The van der Waals surface area contributed by atoms with Gasteiger partial charge in [-0.15, -0.1) is 24.0 Å². The van der Waals surface area contributed by atoms with Crippen LogP contribution in [0.15, 0.2) is 17.1 Å². The number of allylic oxidation sites excluding steroid dienone is 2. The lowest BCUT2D eigenvalue weighted by atomic mass is 9.85. The molecule has 4 atom stereocenters. The van der Waals surface area contributed by atoms with Gasteiger partial charge >= 0.3 is 0 Å². The summed E-state index contributed by atoms with van der Waals surface area (Å²) < 4.78 is 5.05. The number of ether oxygens (including phenoxy) is 1. The van der Waals surface area contributed by atoms with Crippen LogP contribution >= 0.6 is 24.0 Å². The Morgan fingerprint density at radius 1 is 1.14 bits per heavy atom. The van der Waals surface area contributed by atoms with Gasteiger partial charge in [-0.25, -0.2) is 0 Å². The molecule has 2 N–H and O–H groups in total. The third kappa shape index (κ3) is 5.06. The third-order valence-corrected chi connectivity index (χ3v) is 5.81. The predicted octanol–water partition coefficient (Wildman–Crippen LogP) is 1.78. The Morgan fingerprint density at radius 3 is 2.43 bits per heavy atom. The minimum Gasteiger partial charge on any atom is -0.385 e. The van der Waals surface area contributed by atoms with Gasteiger partial charge in [0.1, 0.15) is 0 Å². The number of carbonyl (C=O) groups is 2. The molecule has 2 fully saturated rings. The second-order valence-corrected chi connectivity index (χ2v) is 7.57. The number of methoxy groups -OCH3 is 1. The first-order valence-corrected chi connectivity index (χ1v) is 10.2. The number of aliphatic imine (C=N–C) groups is 1. The Bertz CT molecular complexity index is 580. The van der Waals surface area contributed by atoms with Gasteiger partial charge in [-0.3, -0.25) is 19.5 Å². The van der Waals surface area contributed by atoms with Gasteiger partial charge in [0.25, 0.3) is 0 Å². The van der Waals surface area contributed by atoms with Crippen molar-refractivity contribution in [2.45, 2.75) is 32.6 Å². The summed E-state index contributed by atoms with van der Waals surface area (Å²) in [5.41, 5.74) is 0. The van der Waals surface area contributed by atoms with Crippen molar-refractivity contribution in [1.29, 1.82) is 0 Å². The highest BCUT2D eigenvalue weighted by Crippen LogP contribution is 2.52. The van der Waals surface area contributed by atoms with E-state index in [9.17, 15) is 9.59 Å². The summed E-state index contributed by atoms with van der Waals surface area (Å²) in [6.45, 7) is 5.26. The van der Waals surface area contributed by atoms with Crippen molar-refractivity contribution in [1.82, 2.24) is 15.5 Å². The number of unbranched alkanes of at least 4 members (excludes halogenated alkanes) is 2. The highest BCUT2D eigenvalue weighted by Gasteiger charge is 2.58. The van der Waals surface area contributed by atoms with Crippen LogP contribution in [-0.2, 0) is 14.3 Å². The van der Waals surface area contributed by atoms with Crippen molar-refractivity contribution in [2.24, 2.45) is 28.7 Å². The molecule has 3 aliphatic rings. The number of nitrogens with zero attached hydrogens (tertiary/aromatic N) is 2. The van der Waals surface area contributed by atoms with Crippen molar-refractivity contribution < 1.29 is 14.3 Å². The van der Waals surface area contributed by atoms with E-state index in [1.165, 1.54) is 4.90 Å². The Hall–Kier alpha value is -1.16. The van der Waals surface area contributed by atoms with E-state index in [-0.39, 0.29) is 59.5 Å². The van der Waals surface area contributed by atoms with E-state index in [1.54, 1.807) is 7.11 Å². The van der Waals surface area contributed by atoms with Crippen LogP contribution in [0.1, 0.15) is 32.6 Å². The van der Waals surface area contributed by atoms with E-state index in [0.29, 0.717) is 13.1 Å². The first-order chi connectivity index (χ1) is 13.2. The summed E-state index contributed by atoms with van der Waals surface area (Å²) in [6, 6.07) is 0. The number of halogens is 1. The van der Waals surface area contributed by atoms with Crippen molar-refractivity contribution >= 4 is 41.8 Å². The molecule has 158 valence electrons. The molecule has 0 aromatic carbocycles. The number of imide groups is 1. The standard InChI is InChI=1S/C20H32N4O3.HI/c1-3-21-20(22-9-5-4-6-12-27-2)23-10-11-24-18(25)16-14-7-8-15(13-14)17(16)19(24)26;/h7-8,14-17H,3-6,9-13H2,1-2H3,(H2,21,22,23);1H. The molecular weight excluding hydrogens is 471 g/mol. The zero-order chi connectivity index (χ0) is 19.2. The van der Waals surface area contributed by atoms with Crippen molar-refractivity contribution in [3.05, 3.63) is 12.2 Å². The summed E-state index contributed by atoms with van der Waals surface area (Å²) in [7, 11) is 1.72. The molecular formula is C20H33IN4O3. The average Bonchev–Trinajstić information content (AvgIpc) is 3.34. The Morgan fingerprint density at radius 2 is 1.82 bits per heavy atom. The Balaban J connectivity index is 0.00000280. The summed E-state index contributed by atoms with van der Waals surface area (Å²) >= 11 is 0. The fourth-order valence-corrected chi connectivity index (χ4v) is 4.54. The summed E-state index contributed by atoms with van der Waals surface area (Å²) in [4.78, 5) is 31.4. The quantitative estimate of drug-likeness (QED) is 0.118. The van der Waals surface area contributed by atoms with Gasteiger partial charge in [0, 0.05) is 39.9 Å². The van der Waals surface area contributed by atoms with Crippen molar-refractivity contribution in [3.8, 4) is 0 Å². The second-order valence-electron chi connectivity index (χ2n) is 7.57. The third-order valence-electron chi connectivity index (χ3n) is 5.81. The fourth-order valence-electron chi connectivity index (χ4n) is 4.54. The summed E-state index contributed by atoms with van der Waals surface area (Å²) in [6.07, 6.45) is 8.38. The number of fused-ring (bicyclic) bond motifs is 5. The van der Waals surface area contributed by atoms with Crippen molar-refractivity contribution in [3.63, 3.8) is 0 Å². The maximum atomic E-state index is 12.7. The molecule has 0 aromatic rings. The number of nitrogens with one attached hydrogen (secondary N) is 2. The van der Waals surface area contributed by atoms with Gasteiger partial charge in [0.15, 0.2) is 5.96 Å². The normalized spacial score (nSPS) is 27.9. The van der Waals surface area contributed by atoms with Crippen LogP contribution in [0.4, 0.5) is 0 Å². The molecule has 0 radical (unpaired) electrons. The highest BCUT2D eigenvalue weighted by molar-refractivity contribution is 14.0. The molecule has 4 unspecified atom stereocenters. The first-order valence-electron chi connectivity index (χ1n) is 10.2. The van der Waals surface area contributed by atoms with Crippen LogP contribution < -0.4 is 10.6 Å². The molecule has 2 amide bonds. The number of rotatable bonds is 10. The van der Waals surface area contributed by atoms with E-state index in [2.05, 4.69) is 27.8 Å². The lowest BCUT2D eigenvalue weighted by Gasteiger charge is -2.18. The van der Waals surface area contributed by atoms with Crippen LogP contribution in [0, 0.1) is 23.7 Å². The Labute approximate surface area is 184 Å². The molecule has 2 aliphatic carbocycles. The lowest BCUT2D eigenvalue weighted by molar-refractivity contribution is -0.140. The zero-order valence-corrected chi connectivity index (χ0v) is 19.2. The molecule has 0 spiro atoms. The number of guanidine groups is 1. The molecule has 0 aromatic heterocycles. The largest absolute Gasteiger partial charge is 0.385 e. The van der Waals surface area contributed by atoms with E-state index in [4.69, 9.17) is 4.74 Å². The van der Waals surface area contributed by atoms with Gasteiger partial charge in [-0.1, -0.05) is 12.2 Å². The Kier molecular flexibility index (Phi) is 9.20. The van der Waals surface area contributed by atoms with Gasteiger partial charge in [0.2, 0.25) is 11.8 Å². The summed E-state index contributed by atoms with van der Waals surface area (Å²) in [5, 5.41) is 6.46. The number of amides is 2. The van der Waals surface area contributed by atoms with E-state index >= 15 is 0 Å². The maximum absolute atomic E-state index is 12.7. The average molecular weight is 504 g/mol. The van der Waals surface area contributed by atoms with Gasteiger partial charge in [-0.05, 0) is 44.4 Å². The molecule has 7 nitrogen and oxygen atoms in total. The topological polar surface area (TPSA) is 83.0 Å². The van der Waals surface area contributed by atoms with Gasteiger partial charge in [0.05, 0.1) is 11.8 Å². The van der Waals surface area contributed by atoms with Crippen LogP contribution in [0.25, 0.3) is 0 Å². The highest BCUT2D eigenvalue weighted by atomic mass is 127. The zero-order valence-electron chi connectivity index (χ0n) is 16.9. The second kappa shape index (κ2) is 11.1. The van der Waals surface area contributed by atoms with E-state index in [1.807, 2.05) is 6.92 Å². The molecule has 8 heteroatoms. The van der Waals surface area contributed by atoms with E-state index in [0.717, 1.165) is 51.3 Å². The van der Waals surface area contributed by atoms with Crippen LogP contribution in [0.2, 0.25) is 0 Å². The number of hydrogen-bond acceptors (Lipinski definition) is 4. The fraction of sp³-hybridized carbons (Fsp3) is 0.750. The predicted molar refractivity (Wildman–Crippen MR) is 120 cm³/mol.